The predicted molar refractivity (Wildman–Crippen MR) is 61.5 cm³/mol. The molecule has 0 bridgehead atoms. The zero-order chi connectivity index (χ0) is 11.9. The van der Waals surface area contributed by atoms with Gasteiger partial charge in [-0.3, -0.25) is 0 Å². The average Bonchev–Trinajstić information content (AvgIpc) is 2.24. The first kappa shape index (κ1) is 12.3. The van der Waals surface area contributed by atoms with Gasteiger partial charge in [0.15, 0.2) is 0 Å². The summed E-state index contributed by atoms with van der Waals surface area (Å²) >= 11 is 0. The van der Waals surface area contributed by atoms with Crippen LogP contribution in [0.5, 0.6) is 0 Å². The second kappa shape index (κ2) is 3.94. The molecule has 0 amide bonds. The molecule has 0 heterocycles. The van der Waals surface area contributed by atoms with Crippen LogP contribution in [0.15, 0.2) is 0 Å². The monoisotopic (exact) mass is 231 g/mol. The van der Waals surface area contributed by atoms with Crippen LogP contribution in [0.2, 0.25) is 0 Å². The molecule has 94 valence electrons. The van der Waals surface area contributed by atoms with Gasteiger partial charge in [0.25, 0.3) is 0 Å². The van der Waals surface area contributed by atoms with Crippen molar-refractivity contribution < 1.29 is 8.78 Å². The van der Waals surface area contributed by atoms with Crippen molar-refractivity contribution in [3.8, 4) is 0 Å². The van der Waals surface area contributed by atoms with Crippen molar-refractivity contribution in [2.75, 3.05) is 0 Å². The molecule has 2 aliphatic rings. The molecule has 2 N–H and O–H groups in total. The van der Waals surface area contributed by atoms with Gasteiger partial charge in [0.1, 0.15) is 0 Å². The second-order valence-electron chi connectivity index (χ2n) is 6.13. The van der Waals surface area contributed by atoms with Crippen LogP contribution in [0.4, 0.5) is 8.78 Å². The van der Waals surface area contributed by atoms with Crippen molar-refractivity contribution in [1.29, 1.82) is 0 Å². The van der Waals surface area contributed by atoms with Gasteiger partial charge in [-0.2, -0.15) is 0 Å². The molecule has 2 fully saturated rings. The van der Waals surface area contributed by atoms with Gasteiger partial charge in [0, 0.05) is 18.4 Å². The summed E-state index contributed by atoms with van der Waals surface area (Å²) in [5.74, 6) is -2.46. The zero-order valence-corrected chi connectivity index (χ0v) is 10.2. The number of hydrogen-bond donors (Lipinski definition) is 1. The van der Waals surface area contributed by atoms with E-state index in [2.05, 4.69) is 6.92 Å². The highest BCUT2D eigenvalue weighted by Gasteiger charge is 2.50. The average molecular weight is 231 g/mol. The van der Waals surface area contributed by atoms with Crippen molar-refractivity contribution in [1.82, 2.24) is 0 Å². The van der Waals surface area contributed by atoms with E-state index >= 15 is 0 Å². The molecule has 0 aromatic rings. The van der Waals surface area contributed by atoms with Crippen LogP contribution in [-0.4, -0.2) is 11.5 Å². The van der Waals surface area contributed by atoms with Crippen LogP contribution in [0, 0.1) is 5.41 Å². The van der Waals surface area contributed by atoms with Gasteiger partial charge < -0.3 is 5.73 Å². The zero-order valence-electron chi connectivity index (χ0n) is 10.2. The van der Waals surface area contributed by atoms with Crippen LogP contribution in [0.25, 0.3) is 0 Å². The summed E-state index contributed by atoms with van der Waals surface area (Å²) < 4.78 is 26.4. The quantitative estimate of drug-likeness (QED) is 0.728. The summed E-state index contributed by atoms with van der Waals surface area (Å²) in [6.45, 7) is 2.22. The van der Waals surface area contributed by atoms with Gasteiger partial charge in [-0.05, 0) is 31.1 Å². The molecule has 2 rings (SSSR count). The molecule has 0 atom stereocenters. The van der Waals surface area contributed by atoms with Crippen molar-refractivity contribution >= 4 is 0 Å². The van der Waals surface area contributed by atoms with Crippen molar-refractivity contribution in [3.05, 3.63) is 0 Å². The Balaban J connectivity index is 2.07. The Labute approximate surface area is 96.8 Å². The number of nitrogens with two attached hydrogens (primary N) is 1. The van der Waals surface area contributed by atoms with E-state index in [0.29, 0.717) is 12.8 Å². The third kappa shape index (κ3) is 2.11. The van der Waals surface area contributed by atoms with Crippen LogP contribution in [-0.2, 0) is 0 Å². The molecule has 0 saturated heterocycles. The Morgan fingerprint density at radius 3 is 1.81 bits per heavy atom. The molecular weight excluding hydrogens is 208 g/mol. The highest BCUT2D eigenvalue weighted by atomic mass is 19.3. The molecule has 0 aromatic heterocycles. The fourth-order valence-electron chi connectivity index (χ4n) is 3.50. The summed E-state index contributed by atoms with van der Waals surface area (Å²) in [6, 6.07) is 0. The Morgan fingerprint density at radius 2 is 1.31 bits per heavy atom. The molecule has 1 nitrogen and oxygen atoms in total. The van der Waals surface area contributed by atoms with Gasteiger partial charge in [-0.15, -0.1) is 0 Å². The molecule has 0 aliphatic heterocycles. The van der Waals surface area contributed by atoms with E-state index in [1.165, 1.54) is 19.3 Å². The van der Waals surface area contributed by atoms with Crippen molar-refractivity contribution in [2.45, 2.75) is 76.2 Å². The molecule has 16 heavy (non-hydrogen) atoms. The van der Waals surface area contributed by atoms with E-state index in [1.807, 2.05) is 0 Å². The van der Waals surface area contributed by atoms with Crippen molar-refractivity contribution in [2.24, 2.45) is 11.1 Å². The number of alkyl halides is 2. The normalized spacial score (nSPS) is 32.2. The molecule has 0 radical (unpaired) electrons. The number of hydrogen-bond acceptors (Lipinski definition) is 1. The molecule has 0 aromatic carbocycles. The lowest BCUT2D eigenvalue weighted by Crippen LogP contribution is -2.58. The summed E-state index contributed by atoms with van der Waals surface area (Å²) in [5, 5.41) is 0. The van der Waals surface area contributed by atoms with E-state index in [0.717, 1.165) is 12.8 Å². The first-order valence-corrected chi connectivity index (χ1v) is 6.54. The highest BCUT2D eigenvalue weighted by molar-refractivity contribution is 5.04. The summed E-state index contributed by atoms with van der Waals surface area (Å²) in [6.07, 6.45) is 6.91. The third-order valence-corrected chi connectivity index (χ3v) is 5.03. The number of halogens is 2. The standard InChI is InChI=1S/C13H23F2N/c1-11(5-3-2-4-6-11)12(16)7-9-13(14,15)10-8-12/h2-10,16H2,1H3. The summed E-state index contributed by atoms with van der Waals surface area (Å²) in [4.78, 5) is 0. The summed E-state index contributed by atoms with van der Waals surface area (Å²) in [5.41, 5.74) is 6.22. The Kier molecular flexibility index (Phi) is 3.02. The molecule has 0 spiro atoms. The van der Waals surface area contributed by atoms with Gasteiger partial charge in [-0.25, -0.2) is 8.78 Å². The first-order chi connectivity index (χ1) is 7.37. The third-order valence-electron chi connectivity index (χ3n) is 5.03. The van der Waals surface area contributed by atoms with Crippen molar-refractivity contribution in [3.63, 3.8) is 0 Å². The molecule has 2 aliphatic carbocycles. The molecule has 3 heteroatoms. The minimum absolute atomic E-state index is 0.0148. The fourth-order valence-corrected chi connectivity index (χ4v) is 3.50. The predicted octanol–water partition coefficient (Wildman–Crippen LogP) is 3.86. The van der Waals surface area contributed by atoms with Gasteiger partial charge in [-0.1, -0.05) is 26.2 Å². The first-order valence-electron chi connectivity index (χ1n) is 6.54. The molecule has 0 unspecified atom stereocenters. The maximum atomic E-state index is 13.2. The van der Waals surface area contributed by atoms with Crippen LogP contribution in [0.3, 0.4) is 0 Å². The maximum absolute atomic E-state index is 13.2. The Morgan fingerprint density at radius 1 is 0.812 bits per heavy atom. The topological polar surface area (TPSA) is 26.0 Å². The Hall–Kier alpha value is -0.180. The van der Waals surface area contributed by atoms with Gasteiger partial charge in [0.2, 0.25) is 5.92 Å². The fraction of sp³-hybridized carbons (Fsp3) is 1.00. The lowest BCUT2D eigenvalue weighted by Gasteiger charge is -2.52. The van der Waals surface area contributed by atoms with Crippen LogP contribution >= 0.6 is 0 Å². The van der Waals surface area contributed by atoms with E-state index in [-0.39, 0.29) is 23.8 Å². The van der Waals surface area contributed by atoms with E-state index in [4.69, 9.17) is 5.73 Å². The molecule has 2 saturated carbocycles. The minimum atomic E-state index is -2.46. The smallest absolute Gasteiger partial charge is 0.248 e. The largest absolute Gasteiger partial charge is 0.325 e. The van der Waals surface area contributed by atoms with E-state index < -0.39 is 5.92 Å². The minimum Gasteiger partial charge on any atom is -0.325 e. The number of rotatable bonds is 1. The van der Waals surface area contributed by atoms with Crippen LogP contribution < -0.4 is 5.73 Å². The van der Waals surface area contributed by atoms with Gasteiger partial charge >= 0.3 is 0 Å². The molecular formula is C13H23F2N. The lowest BCUT2D eigenvalue weighted by molar-refractivity contribution is -0.0765. The van der Waals surface area contributed by atoms with Gasteiger partial charge in [0.05, 0.1) is 0 Å². The maximum Gasteiger partial charge on any atom is 0.248 e. The Bertz CT molecular complexity index is 247. The van der Waals surface area contributed by atoms with E-state index in [1.54, 1.807) is 0 Å². The lowest BCUT2D eigenvalue weighted by atomic mass is 9.58. The summed E-state index contributed by atoms with van der Waals surface area (Å²) in [7, 11) is 0. The second-order valence-corrected chi connectivity index (χ2v) is 6.13. The van der Waals surface area contributed by atoms with E-state index in [9.17, 15) is 8.78 Å². The van der Waals surface area contributed by atoms with Crippen LogP contribution in [0.1, 0.15) is 64.7 Å². The highest BCUT2D eigenvalue weighted by Crippen LogP contribution is 2.51. The SMILES string of the molecule is CC1(C2(N)CCC(F)(F)CC2)CCCCC1.